The summed E-state index contributed by atoms with van der Waals surface area (Å²) in [5.41, 5.74) is 12.6. The zero-order chi connectivity index (χ0) is 18.0. The van der Waals surface area contributed by atoms with E-state index in [0.29, 0.717) is 29.2 Å². The molecule has 1 aliphatic heterocycles. The standard InChI is InChI=1S/C17H19N5O2S/c1-10(13-9-25-17(20-13)21-16(18)19)5-4-8-22-14(23)11-6-2-3-7-12(11)15(22)24/h2-3,6-7,9-10H,4-5,8H2,1H3,(H4,18,19,20,21). The molecule has 2 amide bonds. The number of fused-ring (bicyclic) bond motifs is 1. The van der Waals surface area contributed by atoms with E-state index in [9.17, 15) is 9.59 Å². The van der Waals surface area contributed by atoms with Gasteiger partial charge in [0.25, 0.3) is 11.8 Å². The first kappa shape index (κ1) is 17.1. The number of aliphatic imine (C=N–C) groups is 1. The van der Waals surface area contributed by atoms with E-state index in [1.807, 2.05) is 5.38 Å². The Hall–Kier alpha value is -2.74. The van der Waals surface area contributed by atoms with Gasteiger partial charge in [0, 0.05) is 11.9 Å². The smallest absolute Gasteiger partial charge is 0.261 e. The second-order valence-electron chi connectivity index (χ2n) is 5.94. The van der Waals surface area contributed by atoms with Gasteiger partial charge in [-0.15, -0.1) is 11.3 Å². The molecule has 1 aliphatic rings. The molecule has 0 bridgehead atoms. The highest BCUT2D eigenvalue weighted by molar-refractivity contribution is 7.13. The first-order valence-electron chi connectivity index (χ1n) is 7.97. The highest BCUT2D eigenvalue weighted by atomic mass is 32.1. The van der Waals surface area contributed by atoms with Gasteiger partial charge < -0.3 is 11.5 Å². The van der Waals surface area contributed by atoms with E-state index in [1.54, 1.807) is 24.3 Å². The molecule has 0 radical (unpaired) electrons. The summed E-state index contributed by atoms with van der Waals surface area (Å²) >= 11 is 1.38. The molecule has 25 heavy (non-hydrogen) atoms. The van der Waals surface area contributed by atoms with Crippen molar-refractivity contribution in [2.24, 2.45) is 16.5 Å². The SMILES string of the molecule is CC(CCCN1C(=O)c2ccccc2C1=O)c1csc(N=C(N)N)n1. The van der Waals surface area contributed by atoms with E-state index in [4.69, 9.17) is 11.5 Å². The number of carbonyl (C=O) groups excluding carboxylic acids is 2. The number of rotatable bonds is 6. The van der Waals surface area contributed by atoms with Crippen LogP contribution in [0.2, 0.25) is 0 Å². The predicted molar refractivity (Wildman–Crippen MR) is 97.0 cm³/mol. The van der Waals surface area contributed by atoms with Crippen LogP contribution in [0, 0.1) is 0 Å². The minimum atomic E-state index is -0.211. The van der Waals surface area contributed by atoms with Crippen molar-refractivity contribution in [1.29, 1.82) is 0 Å². The van der Waals surface area contributed by atoms with Crippen molar-refractivity contribution in [2.75, 3.05) is 6.54 Å². The van der Waals surface area contributed by atoms with Gasteiger partial charge >= 0.3 is 0 Å². The van der Waals surface area contributed by atoms with Crippen molar-refractivity contribution < 1.29 is 9.59 Å². The molecule has 1 atom stereocenters. The number of hydrogen-bond acceptors (Lipinski definition) is 5. The fourth-order valence-corrected chi connectivity index (χ4v) is 3.64. The molecule has 3 rings (SSSR count). The van der Waals surface area contributed by atoms with Gasteiger partial charge in [-0.3, -0.25) is 14.5 Å². The van der Waals surface area contributed by atoms with Gasteiger partial charge in [-0.25, -0.2) is 4.98 Å². The average Bonchev–Trinajstić information content (AvgIpc) is 3.13. The Balaban J connectivity index is 1.57. The number of carbonyl (C=O) groups is 2. The van der Waals surface area contributed by atoms with Crippen LogP contribution >= 0.6 is 11.3 Å². The quantitative estimate of drug-likeness (QED) is 0.467. The number of amides is 2. The highest BCUT2D eigenvalue weighted by Crippen LogP contribution is 2.28. The maximum absolute atomic E-state index is 12.3. The summed E-state index contributed by atoms with van der Waals surface area (Å²) in [5, 5.41) is 2.45. The number of nitrogens with two attached hydrogens (primary N) is 2. The van der Waals surface area contributed by atoms with Gasteiger partial charge in [-0.1, -0.05) is 19.1 Å². The van der Waals surface area contributed by atoms with Crippen molar-refractivity contribution in [3.05, 3.63) is 46.5 Å². The van der Waals surface area contributed by atoms with Gasteiger partial charge in [0.05, 0.1) is 16.8 Å². The number of aromatic nitrogens is 1. The molecule has 4 N–H and O–H groups in total. The summed E-state index contributed by atoms with van der Waals surface area (Å²) < 4.78 is 0. The fourth-order valence-electron chi connectivity index (χ4n) is 2.81. The summed E-state index contributed by atoms with van der Waals surface area (Å²) in [4.78, 5) is 34.3. The van der Waals surface area contributed by atoms with E-state index in [0.717, 1.165) is 12.1 Å². The highest BCUT2D eigenvalue weighted by Gasteiger charge is 2.34. The van der Waals surface area contributed by atoms with Gasteiger partial charge in [0.1, 0.15) is 0 Å². The summed E-state index contributed by atoms with van der Waals surface area (Å²) in [5.74, 6) is -0.248. The van der Waals surface area contributed by atoms with E-state index < -0.39 is 0 Å². The molecule has 1 aromatic heterocycles. The first-order valence-corrected chi connectivity index (χ1v) is 8.85. The van der Waals surface area contributed by atoms with Crippen molar-refractivity contribution in [1.82, 2.24) is 9.88 Å². The molecular formula is C17H19N5O2S. The lowest BCUT2D eigenvalue weighted by Gasteiger charge is -2.15. The lowest BCUT2D eigenvalue weighted by Crippen LogP contribution is -2.30. The maximum atomic E-state index is 12.3. The zero-order valence-corrected chi connectivity index (χ0v) is 14.6. The second-order valence-corrected chi connectivity index (χ2v) is 6.78. The van der Waals surface area contributed by atoms with Gasteiger partial charge in [-0.05, 0) is 30.9 Å². The molecule has 8 heteroatoms. The zero-order valence-electron chi connectivity index (χ0n) is 13.8. The summed E-state index contributed by atoms with van der Waals surface area (Å²) in [6.07, 6.45) is 1.51. The summed E-state index contributed by atoms with van der Waals surface area (Å²) in [7, 11) is 0. The monoisotopic (exact) mass is 357 g/mol. The van der Waals surface area contributed by atoms with Crippen molar-refractivity contribution in [3.63, 3.8) is 0 Å². The average molecular weight is 357 g/mol. The van der Waals surface area contributed by atoms with E-state index in [-0.39, 0.29) is 23.7 Å². The van der Waals surface area contributed by atoms with E-state index >= 15 is 0 Å². The molecule has 0 aliphatic carbocycles. The Morgan fingerprint density at radius 1 is 1.24 bits per heavy atom. The molecule has 0 spiro atoms. The molecule has 0 saturated heterocycles. The lowest BCUT2D eigenvalue weighted by molar-refractivity contribution is 0.0651. The summed E-state index contributed by atoms with van der Waals surface area (Å²) in [6, 6.07) is 6.93. The van der Waals surface area contributed by atoms with Crippen molar-refractivity contribution in [2.45, 2.75) is 25.7 Å². The Morgan fingerprint density at radius 3 is 2.48 bits per heavy atom. The van der Waals surface area contributed by atoms with Crippen LogP contribution in [0.4, 0.5) is 5.13 Å². The largest absolute Gasteiger partial charge is 0.370 e. The fraction of sp³-hybridized carbons (Fsp3) is 0.294. The molecule has 130 valence electrons. The normalized spacial score (nSPS) is 14.5. The number of nitrogens with zero attached hydrogens (tertiary/aromatic N) is 3. The van der Waals surface area contributed by atoms with Crippen LogP contribution in [-0.2, 0) is 0 Å². The maximum Gasteiger partial charge on any atom is 0.261 e. The number of thiazole rings is 1. The van der Waals surface area contributed by atoms with E-state index in [1.165, 1.54) is 16.2 Å². The molecule has 2 aromatic rings. The lowest BCUT2D eigenvalue weighted by atomic mass is 10.0. The van der Waals surface area contributed by atoms with Gasteiger partial charge in [0.2, 0.25) is 5.13 Å². The minimum absolute atomic E-state index is 0.0147. The molecular weight excluding hydrogens is 338 g/mol. The van der Waals surface area contributed by atoms with E-state index in [2.05, 4.69) is 16.9 Å². The number of benzene rings is 1. The first-order chi connectivity index (χ1) is 12.0. The molecule has 1 unspecified atom stereocenters. The second kappa shape index (κ2) is 7.02. The molecule has 7 nitrogen and oxygen atoms in total. The summed E-state index contributed by atoms with van der Waals surface area (Å²) in [6.45, 7) is 2.46. The van der Waals surface area contributed by atoms with Crippen LogP contribution in [-0.4, -0.2) is 34.2 Å². The molecule has 2 heterocycles. The van der Waals surface area contributed by atoms with Gasteiger partial charge in [0.15, 0.2) is 5.96 Å². The van der Waals surface area contributed by atoms with Crippen LogP contribution in [0.3, 0.4) is 0 Å². The molecule has 0 fully saturated rings. The van der Waals surface area contributed by atoms with Crippen LogP contribution in [0.15, 0.2) is 34.6 Å². The topological polar surface area (TPSA) is 115 Å². The Bertz CT molecular complexity index is 806. The third-order valence-corrected chi connectivity index (χ3v) is 4.89. The Labute approximate surface area is 149 Å². The Morgan fingerprint density at radius 2 is 1.88 bits per heavy atom. The third-order valence-electron chi connectivity index (χ3n) is 4.14. The van der Waals surface area contributed by atoms with Crippen LogP contribution in [0.1, 0.15) is 52.1 Å². The number of guanidine groups is 1. The molecule has 0 saturated carbocycles. The minimum Gasteiger partial charge on any atom is -0.370 e. The van der Waals surface area contributed by atoms with Crippen molar-refractivity contribution in [3.8, 4) is 0 Å². The third kappa shape index (κ3) is 3.53. The van der Waals surface area contributed by atoms with Crippen molar-refractivity contribution >= 4 is 34.2 Å². The van der Waals surface area contributed by atoms with Crippen LogP contribution in [0.5, 0.6) is 0 Å². The predicted octanol–water partition coefficient (Wildman–Crippen LogP) is 2.23. The molecule has 1 aromatic carbocycles. The Kier molecular flexibility index (Phi) is 4.80. The van der Waals surface area contributed by atoms with Crippen LogP contribution < -0.4 is 11.5 Å². The number of hydrogen-bond donors (Lipinski definition) is 2. The van der Waals surface area contributed by atoms with Crippen LogP contribution in [0.25, 0.3) is 0 Å². The number of imide groups is 1. The van der Waals surface area contributed by atoms with Gasteiger partial charge in [-0.2, -0.15) is 4.99 Å².